The second-order valence-electron chi connectivity index (χ2n) is 4.87. The number of aliphatic hydroxyl groups is 1. The van der Waals surface area contributed by atoms with Crippen LogP contribution in [0.5, 0.6) is 11.5 Å². The van der Waals surface area contributed by atoms with Crippen LogP contribution in [0.25, 0.3) is 0 Å². The lowest BCUT2D eigenvalue weighted by Gasteiger charge is -2.21. The van der Waals surface area contributed by atoms with Crippen LogP contribution in [0, 0.1) is 11.8 Å². The van der Waals surface area contributed by atoms with E-state index in [0.717, 1.165) is 10.0 Å². The van der Waals surface area contributed by atoms with Crippen molar-refractivity contribution in [3.8, 4) is 11.5 Å². The zero-order valence-electron chi connectivity index (χ0n) is 10.9. The van der Waals surface area contributed by atoms with Gasteiger partial charge in [-0.1, -0.05) is 22.9 Å². The fraction of sp³-hybridized carbons (Fsp3) is 0.571. The Bertz CT molecular complexity index is 429. The van der Waals surface area contributed by atoms with E-state index in [9.17, 15) is 5.11 Å². The van der Waals surface area contributed by atoms with Crippen molar-refractivity contribution in [2.45, 2.75) is 25.9 Å². The summed E-state index contributed by atoms with van der Waals surface area (Å²) in [7, 11) is 3.21. The van der Waals surface area contributed by atoms with Crippen molar-refractivity contribution in [2.75, 3.05) is 14.2 Å². The van der Waals surface area contributed by atoms with Gasteiger partial charge in [0.2, 0.25) is 0 Å². The molecule has 18 heavy (non-hydrogen) atoms. The summed E-state index contributed by atoms with van der Waals surface area (Å²) in [5.74, 6) is 2.25. The van der Waals surface area contributed by atoms with Gasteiger partial charge in [0.25, 0.3) is 0 Å². The zero-order valence-corrected chi connectivity index (χ0v) is 12.5. The van der Waals surface area contributed by atoms with Gasteiger partial charge in [-0.2, -0.15) is 0 Å². The lowest BCUT2D eigenvalue weighted by Crippen LogP contribution is -2.12. The standard InChI is InChI=1S/C14H19BrO3/c1-8(9-4-5-9)14(16)10-6-12(17-2)13(18-3)7-11(10)15/h6-9,14,16H,4-5H2,1-3H3. The van der Waals surface area contributed by atoms with E-state index in [4.69, 9.17) is 9.47 Å². The Morgan fingerprint density at radius 2 is 1.78 bits per heavy atom. The number of methoxy groups -OCH3 is 2. The zero-order chi connectivity index (χ0) is 13.3. The molecule has 0 heterocycles. The molecule has 1 saturated carbocycles. The van der Waals surface area contributed by atoms with Crippen LogP contribution in [0.4, 0.5) is 0 Å². The van der Waals surface area contributed by atoms with Crippen LogP contribution in [0.1, 0.15) is 31.4 Å². The molecule has 1 aliphatic rings. The number of hydrogen-bond acceptors (Lipinski definition) is 3. The third-order valence-electron chi connectivity index (χ3n) is 3.69. The second kappa shape index (κ2) is 5.49. The lowest BCUT2D eigenvalue weighted by atomic mass is 9.93. The van der Waals surface area contributed by atoms with Crippen LogP contribution < -0.4 is 9.47 Å². The Morgan fingerprint density at radius 1 is 1.22 bits per heavy atom. The van der Waals surface area contributed by atoms with E-state index >= 15 is 0 Å². The smallest absolute Gasteiger partial charge is 0.161 e. The molecule has 0 saturated heterocycles. The molecule has 0 bridgehead atoms. The number of aliphatic hydroxyl groups excluding tert-OH is 1. The van der Waals surface area contributed by atoms with Crippen LogP contribution in [0.2, 0.25) is 0 Å². The molecule has 2 unspecified atom stereocenters. The minimum Gasteiger partial charge on any atom is -0.493 e. The van der Waals surface area contributed by atoms with Crippen molar-refractivity contribution < 1.29 is 14.6 Å². The van der Waals surface area contributed by atoms with Gasteiger partial charge >= 0.3 is 0 Å². The highest BCUT2D eigenvalue weighted by atomic mass is 79.9. The Balaban J connectivity index is 2.31. The topological polar surface area (TPSA) is 38.7 Å². The SMILES string of the molecule is COc1cc(Br)c(C(O)C(C)C2CC2)cc1OC. The fourth-order valence-corrected chi connectivity index (χ4v) is 2.82. The Morgan fingerprint density at radius 3 is 2.28 bits per heavy atom. The van der Waals surface area contributed by atoms with Crippen molar-refractivity contribution >= 4 is 15.9 Å². The molecule has 0 spiro atoms. The van der Waals surface area contributed by atoms with E-state index in [1.165, 1.54) is 12.8 Å². The van der Waals surface area contributed by atoms with Crippen LogP contribution in [-0.4, -0.2) is 19.3 Å². The fourth-order valence-electron chi connectivity index (χ4n) is 2.26. The maximum Gasteiger partial charge on any atom is 0.161 e. The molecule has 0 aliphatic heterocycles. The molecule has 0 radical (unpaired) electrons. The third-order valence-corrected chi connectivity index (χ3v) is 4.37. The first kappa shape index (κ1) is 13.7. The van der Waals surface area contributed by atoms with E-state index < -0.39 is 6.10 Å². The summed E-state index contributed by atoms with van der Waals surface area (Å²) in [6, 6.07) is 3.70. The average molecular weight is 315 g/mol. The number of benzene rings is 1. The summed E-state index contributed by atoms with van der Waals surface area (Å²) in [5, 5.41) is 10.4. The molecule has 0 aromatic heterocycles. The number of rotatable bonds is 5. The van der Waals surface area contributed by atoms with Gasteiger partial charge in [0, 0.05) is 4.47 Å². The minimum atomic E-state index is -0.466. The van der Waals surface area contributed by atoms with Gasteiger partial charge in [-0.05, 0) is 42.4 Å². The molecule has 1 fully saturated rings. The van der Waals surface area contributed by atoms with E-state index in [1.54, 1.807) is 14.2 Å². The van der Waals surface area contributed by atoms with Crippen molar-refractivity contribution in [3.63, 3.8) is 0 Å². The monoisotopic (exact) mass is 314 g/mol. The first-order valence-electron chi connectivity index (χ1n) is 6.18. The molecular weight excluding hydrogens is 296 g/mol. The van der Waals surface area contributed by atoms with Crippen LogP contribution in [0.3, 0.4) is 0 Å². The van der Waals surface area contributed by atoms with E-state index in [0.29, 0.717) is 17.4 Å². The summed E-state index contributed by atoms with van der Waals surface area (Å²) in [5.41, 5.74) is 0.868. The number of hydrogen-bond donors (Lipinski definition) is 1. The molecule has 1 aromatic rings. The summed E-state index contributed by atoms with van der Waals surface area (Å²) >= 11 is 3.49. The molecule has 3 nitrogen and oxygen atoms in total. The highest BCUT2D eigenvalue weighted by molar-refractivity contribution is 9.10. The first-order chi connectivity index (χ1) is 8.58. The maximum atomic E-state index is 10.4. The van der Waals surface area contributed by atoms with Gasteiger partial charge in [0.05, 0.1) is 20.3 Å². The molecule has 1 aromatic carbocycles. The average Bonchev–Trinajstić information content (AvgIpc) is 3.20. The maximum absolute atomic E-state index is 10.4. The molecule has 2 rings (SSSR count). The number of halogens is 1. The predicted molar refractivity (Wildman–Crippen MR) is 74.1 cm³/mol. The van der Waals surface area contributed by atoms with Crippen LogP contribution in [-0.2, 0) is 0 Å². The quantitative estimate of drug-likeness (QED) is 0.903. The van der Waals surface area contributed by atoms with Crippen molar-refractivity contribution in [2.24, 2.45) is 11.8 Å². The van der Waals surface area contributed by atoms with Gasteiger partial charge in [-0.3, -0.25) is 0 Å². The number of ether oxygens (including phenoxy) is 2. The molecular formula is C14H19BrO3. The van der Waals surface area contributed by atoms with Crippen molar-refractivity contribution in [3.05, 3.63) is 22.2 Å². The van der Waals surface area contributed by atoms with Gasteiger partial charge < -0.3 is 14.6 Å². The highest BCUT2D eigenvalue weighted by Crippen LogP contribution is 2.45. The van der Waals surface area contributed by atoms with Gasteiger partial charge in [-0.25, -0.2) is 0 Å². The molecule has 1 N–H and O–H groups in total. The van der Waals surface area contributed by atoms with Gasteiger partial charge in [-0.15, -0.1) is 0 Å². The molecule has 4 heteroatoms. The Kier molecular flexibility index (Phi) is 4.17. The van der Waals surface area contributed by atoms with E-state index in [1.807, 2.05) is 12.1 Å². The molecule has 100 valence electrons. The summed E-state index contributed by atoms with van der Waals surface area (Å²) in [6.07, 6.45) is 1.98. The van der Waals surface area contributed by atoms with E-state index in [-0.39, 0.29) is 5.92 Å². The minimum absolute atomic E-state index is 0.277. The van der Waals surface area contributed by atoms with Gasteiger partial charge in [0.15, 0.2) is 11.5 Å². The lowest BCUT2D eigenvalue weighted by molar-refractivity contribution is 0.105. The highest BCUT2D eigenvalue weighted by Gasteiger charge is 2.34. The second-order valence-corrected chi connectivity index (χ2v) is 5.72. The summed E-state index contributed by atoms with van der Waals surface area (Å²) in [4.78, 5) is 0. The predicted octanol–water partition coefficient (Wildman–Crippen LogP) is 3.55. The summed E-state index contributed by atoms with van der Waals surface area (Å²) < 4.78 is 11.4. The van der Waals surface area contributed by atoms with E-state index in [2.05, 4.69) is 22.9 Å². The molecule has 1 aliphatic carbocycles. The first-order valence-corrected chi connectivity index (χ1v) is 6.97. The Hall–Kier alpha value is -0.740. The Labute approximate surface area is 116 Å². The van der Waals surface area contributed by atoms with Crippen LogP contribution >= 0.6 is 15.9 Å². The normalized spacial score (nSPS) is 18.3. The van der Waals surface area contributed by atoms with Crippen LogP contribution in [0.15, 0.2) is 16.6 Å². The summed E-state index contributed by atoms with van der Waals surface area (Å²) in [6.45, 7) is 2.10. The van der Waals surface area contributed by atoms with Crippen molar-refractivity contribution in [1.82, 2.24) is 0 Å². The van der Waals surface area contributed by atoms with Gasteiger partial charge in [0.1, 0.15) is 0 Å². The molecule has 2 atom stereocenters. The third kappa shape index (κ3) is 2.64. The molecule has 0 amide bonds. The van der Waals surface area contributed by atoms with Crippen molar-refractivity contribution in [1.29, 1.82) is 0 Å². The largest absolute Gasteiger partial charge is 0.493 e.